The number of rotatable bonds is 4. The van der Waals surface area contributed by atoms with Gasteiger partial charge in [0.2, 0.25) is 5.95 Å². The van der Waals surface area contributed by atoms with Crippen LogP contribution in [0.1, 0.15) is 32.9 Å². The summed E-state index contributed by atoms with van der Waals surface area (Å²) in [6.07, 6.45) is 3.10. The first-order chi connectivity index (χ1) is 13.0. The SMILES string of the molecule is Cc1ccc(Cn2cnc(NC(=O)c3cnn4c(C)cc(C)nc34)n2)cc1. The molecule has 4 rings (SSSR count). The van der Waals surface area contributed by atoms with Crippen LogP contribution in [0.2, 0.25) is 0 Å². The van der Waals surface area contributed by atoms with Gasteiger partial charge < -0.3 is 0 Å². The van der Waals surface area contributed by atoms with Crippen LogP contribution in [0.3, 0.4) is 0 Å². The van der Waals surface area contributed by atoms with Crippen LogP contribution in [0.15, 0.2) is 42.9 Å². The number of amides is 1. The number of fused-ring (bicyclic) bond motifs is 1. The average molecular weight is 361 g/mol. The monoisotopic (exact) mass is 361 g/mol. The first-order valence-electron chi connectivity index (χ1n) is 8.58. The molecular weight excluding hydrogens is 342 g/mol. The van der Waals surface area contributed by atoms with Crippen molar-refractivity contribution in [2.45, 2.75) is 27.3 Å². The Morgan fingerprint density at radius 2 is 1.93 bits per heavy atom. The Kier molecular flexibility index (Phi) is 4.15. The molecule has 8 heteroatoms. The van der Waals surface area contributed by atoms with Gasteiger partial charge in [-0.05, 0) is 32.4 Å². The summed E-state index contributed by atoms with van der Waals surface area (Å²) < 4.78 is 3.33. The molecule has 4 aromatic rings. The van der Waals surface area contributed by atoms with Gasteiger partial charge in [-0.15, -0.1) is 5.10 Å². The van der Waals surface area contributed by atoms with E-state index < -0.39 is 0 Å². The van der Waals surface area contributed by atoms with E-state index in [-0.39, 0.29) is 11.9 Å². The van der Waals surface area contributed by atoms with Crippen molar-refractivity contribution in [2.24, 2.45) is 0 Å². The number of carbonyl (C=O) groups is 1. The molecule has 0 aliphatic heterocycles. The standard InChI is InChI=1S/C19H19N7O/c1-12-4-6-15(7-5-12)10-25-11-20-19(24-25)23-18(27)16-9-21-26-14(3)8-13(2)22-17(16)26/h4-9,11H,10H2,1-3H3,(H,23,24,27). The van der Waals surface area contributed by atoms with Crippen LogP contribution in [-0.4, -0.2) is 35.3 Å². The molecule has 0 atom stereocenters. The van der Waals surface area contributed by atoms with E-state index in [2.05, 4.69) is 37.6 Å². The fourth-order valence-corrected chi connectivity index (χ4v) is 2.91. The van der Waals surface area contributed by atoms with E-state index in [1.165, 1.54) is 11.8 Å². The zero-order valence-corrected chi connectivity index (χ0v) is 15.3. The van der Waals surface area contributed by atoms with E-state index in [1.54, 1.807) is 15.5 Å². The van der Waals surface area contributed by atoms with Gasteiger partial charge in [-0.3, -0.25) is 10.1 Å². The molecule has 27 heavy (non-hydrogen) atoms. The van der Waals surface area contributed by atoms with Crippen molar-refractivity contribution < 1.29 is 4.79 Å². The molecule has 0 fully saturated rings. The number of hydrogen-bond donors (Lipinski definition) is 1. The van der Waals surface area contributed by atoms with Crippen molar-refractivity contribution in [1.82, 2.24) is 29.4 Å². The first kappa shape index (κ1) is 16.9. The van der Waals surface area contributed by atoms with Gasteiger partial charge in [-0.1, -0.05) is 29.8 Å². The fraction of sp³-hybridized carbons (Fsp3) is 0.211. The number of anilines is 1. The molecule has 0 bridgehead atoms. The third kappa shape index (κ3) is 3.41. The molecule has 8 nitrogen and oxygen atoms in total. The number of carbonyl (C=O) groups excluding carboxylic acids is 1. The van der Waals surface area contributed by atoms with E-state index in [0.717, 1.165) is 17.0 Å². The summed E-state index contributed by atoms with van der Waals surface area (Å²) in [5, 5.41) is 11.3. The van der Waals surface area contributed by atoms with Crippen molar-refractivity contribution >= 4 is 17.5 Å². The number of nitrogens with one attached hydrogen (secondary N) is 1. The van der Waals surface area contributed by atoms with Crippen molar-refractivity contribution in [1.29, 1.82) is 0 Å². The Morgan fingerprint density at radius 3 is 2.70 bits per heavy atom. The lowest BCUT2D eigenvalue weighted by Crippen LogP contribution is -2.14. The topological polar surface area (TPSA) is 90.0 Å². The zero-order chi connectivity index (χ0) is 19.0. The maximum atomic E-state index is 12.6. The smallest absolute Gasteiger partial charge is 0.263 e. The normalized spacial score (nSPS) is 11.1. The largest absolute Gasteiger partial charge is 0.289 e. The van der Waals surface area contributed by atoms with Crippen LogP contribution in [0.25, 0.3) is 5.65 Å². The number of benzene rings is 1. The molecule has 0 radical (unpaired) electrons. The maximum Gasteiger partial charge on any atom is 0.263 e. The molecule has 1 aromatic carbocycles. The molecule has 1 N–H and O–H groups in total. The molecule has 1 amide bonds. The van der Waals surface area contributed by atoms with E-state index in [4.69, 9.17) is 0 Å². The number of aryl methyl sites for hydroxylation is 3. The highest BCUT2D eigenvalue weighted by molar-refractivity contribution is 6.07. The molecule has 3 aromatic heterocycles. The molecule has 0 saturated heterocycles. The van der Waals surface area contributed by atoms with Crippen LogP contribution in [-0.2, 0) is 6.54 Å². The van der Waals surface area contributed by atoms with Crippen molar-refractivity contribution in [3.05, 3.63) is 70.9 Å². The van der Waals surface area contributed by atoms with Gasteiger partial charge in [0.05, 0.1) is 12.7 Å². The predicted octanol–water partition coefficient (Wildman–Crippen LogP) is 2.55. The van der Waals surface area contributed by atoms with Crippen molar-refractivity contribution in [2.75, 3.05) is 5.32 Å². The van der Waals surface area contributed by atoms with E-state index in [0.29, 0.717) is 17.8 Å². The summed E-state index contributed by atoms with van der Waals surface area (Å²) in [6.45, 7) is 6.44. The Bertz CT molecular complexity index is 1120. The summed E-state index contributed by atoms with van der Waals surface area (Å²) in [5.74, 6) is -0.0913. The summed E-state index contributed by atoms with van der Waals surface area (Å²) in [4.78, 5) is 21.2. The summed E-state index contributed by atoms with van der Waals surface area (Å²) in [7, 11) is 0. The maximum absolute atomic E-state index is 12.6. The van der Waals surface area contributed by atoms with Gasteiger partial charge in [0.25, 0.3) is 5.91 Å². The van der Waals surface area contributed by atoms with Crippen LogP contribution in [0.5, 0.6) is 0 Å². The van der Waals surface area contributed by atoms with Crippen LogP contribution >= 0.6 is 0 Å². The lowest BCUT2D eigenvalue weighted by Gasteiger charge is -2.03. The quantitative estimate of drug-likeness (QED) is 0.603. The minimum absolute atomic E-state index is 0.246. The van der Waals surface area contributed by atoms with E-state index >= 15 is 0 Å². The number of nitrogens with zero attached hydrogens (tertiary/aromatic N) is 6. The number of hydrogen-bond acceptors (Lipinski definition) is 5. The molecule has 0 spiro atoms. The zero-order valence-electron chi connectivity index (χ0n) is 15.3. The average Bonchev–Trinajstić information content (AvgIpc) is 3.24. The second-order valence-corrected chi connectivity index (χ2v) is 6.54. The van der Waals surface area contributed by atoms with Gasteiger partial charge in [0.15, 0.2) is 5.65 Å². The molecule has 0 aliphatic rings. The predicted molar refractivity (Wildman–Crippen MR) is 101 cm³/mol. The first-order valence-corrected chi connectivity index (χ1v) is 8.58. The molecule has 0 aliphatic carbocycles. The van der Waals surface area contributed by atoms with Gasteiger partial charge in [-0.2, -0.15) is 5.10 Å². The second-order valence-electron chi connectivity index (χ2n) is 6.54. The molecule has 136 valence electrons. The van der Waals surface area contributed by atoms with Gasteiger partial charge in [0.1, 0.15) is 11.9 Å². The van der Waals surface area contributed by atoms with Crippen LogP contribution < -0.4 is 5.32 Å². The Balaban J connectivity index is 1.52. The molecular formula is C19H19N7O. The fourth-order valence-electron chi connectivity index (χ4n) is 2.91. The highest BCUT2D eigenvalue weighted by Gasteiger charge is 2.17. The second kappa shape index (κ2) is 6.64. The Morgan fingerprint density at radius 1 is 1.15 bits per heavy atom. The van der Waals surface area contributed by atoms with Gasteiger partial charge in [0, 0.05) is 11.4 Å². The highest BCUT2D eigenvalue weighted by Crippen LogP contribution is 2.13. The summed E-state index contributed by atoms with van der Waals surface area (Å²) in [5.41, 5.74) is 4.96. The van der Waals surface area contributed by atoms with Crippen LogP contribution in [0.4, 0.5) is 5.95 Å². The highest BCUT2D eigenvalue weighted by atomic mass is 16.1. The van der Waals surface area contributed by atoms with Crippen LogP contribution in [0, 0.1) is 20.8 Å². The minimum atomic E-state index is -0.337. The molecule has 3 heterocycles. The Labute approximate surface area is 155 Å². The number of aromatic nitrogens is 6. The van der Waals surface area contributed by atoms with E-state index in [1.807, 2.05) is 39.0 Å². The van der Waals surface area contributed by atoms with Gasteiger partial charge in [-0.25, -0.2) is 19.2 Å². The molecule has 0 unspecified atom stereocenters. The lowest BCUT2D eigenvalue weighted by atomic mass is 10.1. The van der Waals surface area contributed by atoms with Crippen molar-refractivity contribution in [3.63, 3.8) is 0 Å². The third-order valence-electron chi connectivity index (χ3n) is 4.25. The van der Waals surface area contributed by atoms with Crippen molar-refractivity contribution in [3.8, 4) is 0 Å². The summed E-state index contributed by atoms with van der Waals surface area (Å²) >= 11 is 0. The third-order valence-corrected chi connectivity index (χ3v) is 4.25. The van der Waals surface area contributed by atoms with Gasteiger partial charge >= 0.3 is 0 Å². The minimum Gasteiger partial charge on any atom is -0.289 e. The molecule has 0 saturated carbocycles. The van der Waals surface area contributed by atoms with E-state index in [9.17, 15) is 4.79 Å². The summed E-state index contributed by atoms with van der Waals surface area (Å²) in [6, 6.07) is 10.1. The Hall–Kier alpha value is -3.55. The lowest BCUT2D eigenvalue weighted by molar-refractivity contribution is 0.102.